The highest BCUT2D eigenvalue weighted by Crippen LogP contribution is 2.05. The van der Waals surface area contributed by atoms with Gasteiger partial charge in [-0.3, -0.25) is 4.98 Å². The molecule has 0 fully saturated rings. The normalized spacial score (nSPS) is 12.1. The topological polar surface area (TPSA) is 75.1 Å². The number of carboxylic acid groups (broad SMARTS) is 1. The van der Waals surface area contributed by atoms with Crippen LogP contribution in [0.2, 0.25) is 0 Å². The van der Waals surface area contributed by atoms with Crippen molar-refractivity contribution in [3.05, 3.63) is 18.1 Å². The van der Waals surface area contributed by atoms with E-state index < -0.39 is 12.0 Å². The number of anilines is 1. The van der Waals surface area contributed by atoms with Gasteiger partial charge in [-0.05, 0) is 13.3 Å². The average molecular weight is 195 g/mol. The van der Waals surface area contributed by atoms with Gasteiger partial charge in [-0.2, -0.15) is 0 Å². The highest BCUT2D eigenvalue weighted by atomic mass is 16.4. The predicted octanol–water partition coefficient (Wildman–Crippen LogP) is 1.06. The van der Waals surface area contributed by atoms with E-state index in [1.807, 2.05) is 0 Å². The second-order valence-electron chi connectivity index (χ2n) is 2.99. The fourth-order valence-electron chi connectivity index (χ4n) is 1.05. The van der Waals surface area contributed by atoms with Crippen LogP contribution in [0.25, 0.3) is 0 Å². The predicted molar refractivity (Wildman–Crippen MR) is 52.1 cm³/mol. The van der Waals surface area contributed by atoms with Crippen LogP contribution >= 0.6 is 0 Å². The first kappa shape index (κ1) is 10.4. The summed E-state index contributed by atoms with van der Waals surface area (Å²) in [5, 5.41) is 11.6. The number of hydrogen-bond donors (Lipinski definition) is 2. The zero-order chi connectivity index (χ0) is 10.6. The molecule has 0 aliphatic heterocycles. The molecule has 14 heavy (non-hydrogen) atoms. The van der Waals surface area contributed by atoms with Crippen molar-refractivity contribution in [1.29, 1.82) is 0 Å². The number of carbonyl (C=O) groups is 1. The Kier molecular flexibility index (Phi) is 3.39. The molecule has 0 radical (unpaired) electrons. The molecule has 1 aromatic rings. The molecule has 1 rings (SSSR count). The van der Waals surface area contributed by atoms with E-state index >= 15 is 0 Å². The molecule has 0 aromatic carbocycles. The van der Waals surface area contributed by atoms with Crippen LogP contribution < -0.4 is 5.32 Å². The van der Waals surface area contributed by atoms with Crippen molar-refractivity contribution in [1.82, 2.24) is 9.97 Å². The van der Waals surface area contributed by atoms with Gasteiger partial charge < -0.3 is 10.4 Å². The molecule has 0 aliphatic carbocycles. The third kappa shape index (κ3) is 2.69. The molecule has 1 aromatic heterocycles. The maximum atomic E-state index is 10.7. The molecule has 1 atom stereocenters. The zero-order valence-electron chi connectivity index (χ0n) is 8.19. The van der Waals surface area contributed by atoms with Crippen molar-refractivity contribution in [2.45, 2.75) is 26.3 Å². The number of hydrogen-bond acceptors (Lipinski definition) is 4. The van der Waals surface area contributed by atoms with E-state index in [-0.39, 0.29) is 0 Å². The molecule has 1 heterocycles. The first-order chi connectivity index (χ1) is 6.63. The summed E-state index contributed by atoms with van der Waals surface area (Å²) in [5.74, 6) is -0.380. The van der Waals surface area contributed by atoms with Crippen molar-refractivity contribution in [2.24, 2.45) is 0 Å². The van der Waals surface area contributed by atoms with Gasteiger partial charge in [-0.15, -0.1) is 0 Å². The Morgan fingerprint density at radius 1 is 1.64 bits per heavy atom. The number of rotatable bonds is 4. The fraction of sp³-hybridized carbons (Fsp3) is 0.444. The number of aryl methyl sites for hydroxylation is 1. The third-order valence-electron chi connectivity index (χ3n) is 1.78. The highest BCUT2D eigenvalue weighted by molar-refractivity contribution is 5.76. The van der Waals surface area contributed by atoms with Gasteiger partial charge >= 0.3 is 5.97 Å². The molecule has 0 spiro atoms. The van der Waals surface area contributed by atoms with Crippen LogP contribution in [0.15, 0.2) is 12.4 Å². The van der Waals surface area contributed by atoms with Gasteiger partial charge in [0.05, 0.1) is 11.9 Å². The smallest absolute Gasteiger partial charge is 0.326 e. The summed E-state index contributed by atoms with van der Waals surface area (Å²) in [6, 6.07) is -0.605. The van der Waals surface area contributed by atoms with Gasteiger partial charge in [0.1, 0.15) is 11.9 Å². The van der Waals surface area contributed by atoms with Crippen LogP contribution in [0.4, 0.5) is 5.82 Å². The van der Waals surface area contributed by atoms with Crippen LogP contribution in [-0.2, 0) is 4.79 Å². The molecule has 0 saturated carbocycles. The second kappa shape index (κ2) is 4.55. The Morgan fingerprint density at radius 3 is 2.86 bits per heavy atom. The average Bonchev–Trinajstić information content (AvgIpc) is 2.14. The number of nitrogens with zero attached hydrogens (tertiary/aromatic N) is 2. The van der Waals surface area contributed by atoms with Crippen molar-refractivity contribution < 1.29 is 9.90 Å². The Hall–Kier alpha value is -1.65. The molecule has 76 valence electrons. The second-order valence-corrected chi connectivity index (χ2v) is 2.99. The highest BCUT2D eigenvalue weighted by Gasteiger charge is 2.14. The number of aliphatic carboxylic acids is 1. The number of carboxylic acids is 1. The van der Waals surface area contributed by atoms with Crippen LogP contribution in [0.5, 0.6) is 0 Å². The summed E-state index contributed by atoms with van der Waals surface area (Å²) in [4.78, 5) is 18.7. The van der Waals surface area contributed by atoms with E-state index in [0.717, 1.165) is 5.69 Å². The Morgan fingerprint density at radius 2 is 2.36 bits per heavy atom. The van der Waals surface area contributed by atoms with Gasteiger partial charge in [-0.25, -0.2) is 9.78 Å². The summed E-state index contributed by atoms with van der Waals surface area (Å²) in [6.45, 7) is 3.61. The first-order valence-corrected chi connectivity index (χ1v) is 4.41. The van der Waals surface area contributed by atoms with Crippen molar-refractivity contribution in [3.63, 3.8) is 0 Å². The van der Waals surface area contributed by atoms with E-state index in [2.05, 4.69) is 15.3 Å². The largest absolute Gasteiger partial charge is 0.480 e. The van der Waals surface area contributed by atoms with Gasteiger partial charge in [0.15, 0.2) is 0 Å². The summed E-state index contributed by atoms with van der Waals surface area (Å²) in [6.07, 6.45) is 3.64. The van der Waals surface area contributed by atoms with Crippen molar-refractivity contribution in [3.8, 4) is 0 Å². The quantitative estimate of drug-likeness (QED) is 0.751. The number of nitrogens with one attached hydrogen (secondary N) is 1. The lowest BCUT2D eigenvalue weighted by molar-refractivity contribution is -0.137. The Balaban J connectivity index is 2.72. The lowest BCUT2D eigenvalue weighted by Crippen LogP contribution is -2.28. The molecule has 1 unspecified atom stereocenters. The lowest BCUT2D eigenvalue weighted by atomic mass is 10.2. The van der Waals surface area contributed by atoms with Crippen LogP contribution in [0.3, 0.4) is 0 Å². The fourth-order valence-corrected chi connectivity index (χ4v) is 1.05. The first-order valence-electron chi connectivity index (χ1n) is 4.41. The van der Waals surface area contributed by atoms with Crippen LogP contribution in [0, 0.1) is 6.92 Å². The van der Waals surface area contributed by atoms with Gasteiger partial charge in [-0.1, -0.05) is 6.92 Å². The van der Waals surface area contributed by atoms with Gasteiger partial charge in [0.2, 0.25) is 0 Å². The Labute approximate surface area is 82.2 Å². The summed E-state index contributed by atoms with van der Waals surface area (Å²) in [7, 11) is 0. The minimum absolute atomic E-state index is 0.499. The standard InChI is InChI=1S/C9H13N3O2/c1-3-7(9(13)14)12-8-5-10-4-6(2)11-8/h4-5,7H,3H2,1-2H3,(H,11,12)(H,13,14). The molecule has 0 amide bonds. The van der Waals surface area contributed by atoms with Crippen LogP contribution in [-0.4, -0.2) is 27.1 Å². The van der Waals surface area contributed by atoms with Crippen molar-refractivity contribution >= 4 is 11.8 Å². The molecule has 0 bridgehead atoms. The minimum atomic E-state index is -0.879. The summed E-state index contributed by atoms with van der Waals surface area (Å²) >= 11 is 0. The zero-order valence-corrected chi connectivity index (χ0v) is 8.19. The van der Waals surface area contributed by atoms with E-state index in [0.29, 0.717) is 12.2 Å². The summed E-state index contributed by atoms with van der Waals surface area (Å²) < 4.78 is 0. The molecule has 5 heteroatoms. The van der Waals surface area contributed by atoms with E-state index in [1.54, 1.807) is 20.0 Å². The maximum absolute atomic E-state index is 10.7. The SMILES string of the molecule is CCC(Nc1cncc(C)n1)C(=O)O. The molecule has 2 N–H and O–H groups in total. The van der Waals surface area contributed by atoms with Gasteiger partial charge in [0.25, 0.3) is 0 Å². The van der Waals surface area contributed by atoms with Crippen LogP contribution in [0.1, 0.15) is 19.0 Å². The molecule has 0 saturated heterocycles. The Bertz CT molecular complexity index is 328. The lowest BCUT2D eigenvalue weighted by Gasteiger charge is -2.12. The van der Waals surface area contributed by atoms with Crippen molar-refractivity contribution in [2.75, 3.05) is 5.32 Å². The van der Waals surface area contributed by atoms with E-state index in [9.17, 15) is 4.79 Å². The summed E-state index contributed by atoms with van der Waals surface area (Å²) in [5.41, 5.74) is 0.759. The number of aromatic nitrogens is 2. The van der Waals surface area contributed by atoms with E-state index in [4.69, 9.17) is 5.11 Å². The molecular formula is C9H13N3O2. The minimum Gasteiger partial charge on any atom is -0.480 e. The monoisotopic (exact) mass is 195 g/mol. The third-order valence-corrected chi connectivity index (χ3v) is 1.78. The van der Waals surface area contributed by atoms with Gasteiger partial charge in [0, 0.05) is 6.20 Å². The van der Waals surface area contributed by atoms with E-state index in [1.165, 1.54) is 6.20 Å². The molecular weight excluding hydrogens is 182 g/mol. The molecule has 5 nitrogen and oxygen atoms in total. The maximum Gasteiger partial charge on any atom is 0.326 e. The molecule has 0 aliphatic rings.